The van der Waals surface area contributed by atoms with E-state index in [0.717, 1.165) is 10.3 Å². The second kappa shape index (κ2) is 7.61. The van der Waals surface area contributed by atoms with E-state index in [1.807, 2.05) is 18.2 Å². The fraction of sp³-hybridized carbons (Fsp3) is 0.263. The summed E-state index contributed by atoms with van der Waals surface area (Å²) in [5.74, 6) is 0.0983. The molecule has 0 radical (unpaired) electrons. The second-order valence-corrected chi connectivity index (χ2v) is 6.78. The summed E-state index contributed by atoms with van der Waals surface area (Å²) in [6, 6.07) is 13.7. The van der Waals surface area contributed by atoms with Crippen LogP contribution in [-0.4, -0.2) is 30.4 Å². The monoisotopic (exact) mass is 356 g/mol. The summed E-state index contributed by atoms with van der Waals surface area (Å²) in [7, 11) is 0. The van der Waals surface area contributed by atoms with Gasteiger partial charge < -0.3 is 15.4 Å². The van der Waals surface area contributed by atoms with Crippen LogP contribution in [0.2, 0.25) is 0 Å². The first-order valence-electron chi connectivity index (χ1n) is 8.17. The molecule has 3 rings (SSSR count). The molecule has 0 saturated heterocycles. The van der Waals surface area contributed by atoms with Crippen LogP contribution in [0.4, 0.5) is 4.79 Å². The minimum absolute atomic E-state index is 0.297. The molecule has 1 heterocycles. The predicted octanol–water partition coefficient (Wildman–Crippen LogP) is 3.45. The lowest BCUT2D eigenvalue weighted by Crippen LogP contribution is -2.49. The maximum atomic E-state index is 12.2. The van der Waals surface area contributed by atoms with Gasteiger partial charge in [-0.2, -0.15) is 0 Å². The van der Waals surface area contributed by atoms with Gasteiger partial charge in [-0.3, -0.25) is 0 Å². The molecular formula is C19H20N2O3S. The van der Waals surface area contributed by atoms with Gasteiger partial charge in [0, 0.05) is 16.3 Å². The van der Waals surface area contributed by atoms with E-state index in [-0.39, 0.29) is 12.1 Å². The Hall–Kier alpha value is -2.47. The molecule has 5 nitrogen and oxygen atoms in total. The number of benzene rings is 2. The minimum Gasteiger partial charge on any atom is -0.463 e. The number of fused-ring (bicyclic) bond motifs is 1. The molecule has 2 aromatic carbocycles. The molecule has 0 spiro atoms. The number of hydrogen-bond donors (Lipinski definition) is 2. The van der Waals surface area contributed by atoms with Gasteiger partial charge in [0.1, 0.15) is 0 Å². The Morgan fingerprint density at radius 2 is 1.96 bits per heavy atom. The topological polar surface area (TPSA) is 67.4 Å². The zero-order chi connectivity index (χ0) is 17.8. The summed E-state index contributed by atoms with van der Waals surface area (Å²) in [6.07, 6.45) is 0. The summed E-state index contributed by atoms with van der Waals surface area (Å²) in [4.78, 5) is 25.1. The average Bonchev–Trinajstić information content (AvgIpc) is 2.59. The van der Waals surface area contributed by atoms with Gasteiger partial charge in [-0.25, -0.2) is 9.59 Å². The molecule has 0 unspecified atom stereocenters. The first-order valence-corrected chi connectivity index (χ1v) is 9.16. The summed E-state index contributed by atoms with van der Waals surface area (Å²) in [5, 5.41) is 7.80. The fourth-order valence-electron chi connectivity index (χ4n) is 2.81. The lowest BCUT2D eigenvalue weighted by Gasteiger charge is -2.26. The molecule has 0 aliphatic carbocycles. The first kappa shape index (κ1) is 17.4. The van der Waals surface area contributed by atoms with Gasteiger partial charge in [-0.15, -0.1) is 11.8 Å². The summed E-state index contributed by atoms with van der Waals surface area (Å²) >= 11 is 1.58. The zero-order valence-electron chi connectivity index (χ0n) is 14.2. The quantitative estimate of drug-likeness (QED) is 0.636. The van der Waals surface area contributed by atoms with Crippen molar-refractivity contribution >= 4 is 34.5 Å². The third-order valence-corrected chi connectivity index (χ3v) is 4.99. The average molecular weight is 356 g/mol. The van der Waals surface area contributed by atoms with Gasteiger partial charge in [-0.05, 0) is 36.8 Å². The molecule has 2 amide bonds. The van der Waals surface area contributed by atoms with Crippen molar-refractivity contribution in [1.82, 2.24) is 10.6 Å². The number of nitrogens with one attached hydrogen (secondary N) is 2. The molecule has 0 bridgehead atoms. The van der Waals surface area contributed by atoms with Crippen molar-refractivity contribution in [3.05, 3.63) is 53.7 Å². The van der Waals surface area contributed by atoms with E-state index < -0.39 is 5.97 Å². The Labute approximate surface area is 150 Å². The van der Waals surface area contributed by atoms with Crippen LogP contribution < -0.4 is 10.6 Å². The number of amides is 2. The third kappa shape index (κ3) is 3.96. The van der Waals surface area contributed by atoms with Gasteiger partial charge in [0.2, 0.25) is 0 Å². The van der Waals surface area contributed by atoms with Crippen LogP contribution in [-0.2, 0) is 9.53 Å². The highest BCUT2D eigenvalue weighted by molar-refractivity contribution is 7.99. The Bertz CT molecular complexity index is 847. The molecule has 130 valence electrons. The van der Waals surface area contributed by atoms with Crippen LogP contribution in [0, 0.1) is 0 Å². The maximum absolute atomic E-state index is 12.2. The highest BCUT2D eigenvalue weighted by Crippen LogP contribution is 2.27. The summed E-state index contributed by atoms with van der Waals surface area (Å²) < 4.78 is 5.13. The van der Waals surface area contributed by atoms with Crippen molar-refractivity contribution in [2.24, 2.45) is 0 Å². The first-order chi connectivity index (χ1) is 12.1. The van der Waals surface area contributed by atoms with E-state index in [1.165, 1.54) is 5.39 Å². The van der Waals surface area contributed by atoms with E-state index in [4.69, 9.17) is 4.74 Å². The Morgan fingerprint density at radius 3 is 2.72 bits per heavy atom. The van der Waals surface area contributed by atoms with Gasteiger partial charge in [0.15, 0.2) is 0 Å². The fourth-order valence-corrected chi connectivity index (χ4v) is 3.72. The van der Waals surface area contributed by atoms with Crippen LogP contribution in [0.15, 0.2) is 58.6 Å². The Morgan fingerprint density at radius 1 is 1.20 bits per heavy atom. The number of carbonyl (C=O) groups excluding carboxylic acids is 2. The molecule has 2 aromatic rings. The number of esters is 1. The number of hydrogen-bond acceptors (Lipinski definition) is 4. The van der Waals surface area contributed by atoms with Crippen molar-refractivity contribution in [2.75, 3.05) is 12.4 Å². The summed E-state index contributed by atoms with van der Waals surface area (Å²) in [5.41, 5.74) is 1.09. The summed E-state index contributed by atoms with van der Waals surface area (Å²) in [6.45, 7) is 3.85. The number of rotatable bonds is 5. The number of urea groups is 1. The number of carbonyl (C=O) groups is 2. The maximum Gasteiger partial charge on any atom is 0.337 e. The SMILES string of the molecule is CCOC(=O)C1=C(CSc2ccc3ccccc3c2)NC(=O)N[C@@H]1C. The predicted molar refractivity (Wildman–Crippen MR) is 99.5 cm³/mol. The van der Waals surface area contributed by atoms with Crippen molar-refractivity contribution in [3.63, 3.8) is 0 Å². The lowest BCUT2D eigenvalue weighted by molar-refractivity contribution is -0.138. The van der Waals surface area contributed by atoms with Crippen molar-refractivity contribution < 1.29 is 14.3 Å². The van der Waals surface area contributed by atoms with Gasteiger partial charge >= 0.3 is 12.0 Å². The standard InChI is InChI=1S/C19H20N2O3S/c1-3-24-18(22)17-12(2)20-19(23)21-16(17)11-25-15-9-8-13-6-4-5-7-14(13)10-15/h4-10,12H,3,11H2,1-2H3,(H2,20,21,23)/t12-/m1/s1. The van der Waals surface area contributed by atoms with Crippen LogP contribution in [0.5, 0.6) is 0 Å². The van der Waals surface area contributed by atoms with Gasteiger partial charge in [0.05, 0.1) is 18.2 Å². The van der Waals surface area contributed by atoms with Crippen molar-refractivity contribution in [3.8, 4) is 0 Å². The van der Waals surface area contributed by atoms with Crippen molar-refractivity contribution in [2.45, 2.75) is 24.8 Å². The van der Waals surface area contributed by atoms with E-state index in [2.05, 4.69) is 34.9 Å². The molecule has 0 aromatic heterocycles. The highest BCUT2D eigenvalue weighted by atomic mass is 32.2. The molecule has 6 heteroatoms. The van der Waals surface area contributed by atoms with Crippen LogP contribution in [0.1, 0.15) is 13.8 Å². The number of ether oxygens (including phenoxy) is 1. The largest absolute Gasteiger partial charge is 0.463 e. The van der Waals surface area contributed by atoms with Crippen LogP contribution >= 0.6 is 11.8 Å². The Balaban J connectivity index is 1.83. The van der Waals surface area contributed by atoms with E-state index >= 15 is 0 Å². The minimum atomic E-state index is -0.392. The van der Waals surface area contributed by atoms with E-state index in [9.17, 15) is 9.59 Å². The molecule has 0 fully saturated rings. The zero-order valence-corrected chi connectivity index (χ0v) is 15.0. The highest BCUT2D eigenvalue weighted by Gasteiger charge is 2.29. The van der Waals surface area contributed by atoms with E-state index in [1.54, 1.807) is 25.6 Å². The van der Waals surface area contributed by atoms with Crippen LogP contribution in [0.3, 0.4) is 0 Å². The molecule has 25 heavy (non-hydrogen) atoms. The van der Waals surface area contributed by atoms with E-state index in [0.29, 0.717) is 23.6 Å². The molecule has 1 aliphatic heterocycles. The van der Waals surface area contributed by atoms with Gasteiger partial charge in [-0.1, -0.05) is 30.3 Å². The second-order valence-electron chi connectivity index (χ2n) is 5.73. The smallest absolute Gasteiger partial charge is 0.337 e. The molecule has 1 atom stereocenters. The lowest BCUT2D eigenvalue weighted by atomic mass is 10.1. The van der Waals surface area contributed by atoms with Crippen LogP contribution in [0.25, 0.3) is 10.8 Å². The third-order valence-electron chi connectivity index (χ3n) is 3.97. The van der Waals surface area contributed by atoms with Crippen molar-refractivity contribution in [1.29, 1.82) is 0 Å². The normalized spacial score (nSPS) is 17.2. The molecule has 2 N–H and O–H groups in total. The van der Waals surface area contributed by atoms with Gasteiger partial charge in [0.25, 0.3) is 0 Å². The molecule has 1 aliphatic rings. The molecular weight excluding hydrogens is 336 g/mol. The Kier molecular flexibility index (Phi) is 5.28. The molecule has 0 saturated carbocycles. The number of thioether (sulfide) groups is 1.